The summed E-state index contributed by atoms with van der Waals surface area (Å²) in [6.07, 6.45) is 6.38. The molecule has 1 aliphatic rings. The highest BCUT2D eigenvalue weighted by Gasteiger charge is 2.40. The first kappa shape index (κ1) is 14.6. The van der Waals surface area contributed by atoms with Gasteiger partial charge in [0, 0.05) is 19.6 Å². The number of nitrogens with one attached hydrogen (secondary N) is 1. The summed E-state index contributed by atoms with van der Waals surface area (Å²) < 4.78 is 0. The van der Waals surface area contributed by atoms with Crippen LogP contribution in [0.2, 0.25) is 0 Å². The van der Waals surface area contributed by atoms with Crippen LogP contribution in [0.4, 0.5) is 0 Å². The normalized spacial score (nSPS) is 18.4. The molecule has 1 heterocycles. The second kappa shape index (κ2) is 6.56. The number of piperidine rings is 1. The largest absolute Gasteiger partial charge is 0.480 e. The van der Waals surface area contributed by atoms with Crippen molar-refractivity contribution in [3.05, 3.63) is 35.9 Å². The lowest BCUT2D eigenvalue weighted by Crippen LogP contribution is -2.58. The van der Waals surface area contributed by atoms with Crippen LogP contribution in [0.5, 0.6) is 0 Å². The lowest BCUT2D eigenvalue weighted by atomic mass is 9.87. The van der Waals surface area contributed by atoms with E-state index in [4.69, 9.17) is 6.42 Å². The third-order valence-electron chi connectivity index (χ3n) is 3.90. The third-order valence-corrected chi connectivity index (χ3v) is 3.90. The quantitative estimate of drug-likeness (QED) is 0.794. The van der Waals surface area contributed by atoms with Crippen LogP contribution in [0, 0.1) is 12.3 Å². The van der Waals surface area contributed by atoms with Crippen molar-refractivity contribution in [2.24, 2.45) is 0 Å². The van der Waals surface area contributed by atoms with Gasteiger partial charge in [-0.1, -0.05) is 36.3 Å². The first-order valence-electron chi connectivity index (χ1n) is 6.84. The molecular weight excluding hydrogens is 252 g/mol. The Morgan fingerprint density at radius 2 is 2.00 bits per heavy atom. The minimum Gasteiger partial charge on any atom is -0.480 e. The average molecular weight is 272 g/mol. The summed E-state index contributed by atoms with van der Waals surface area (Å²) in [7, 11) is 0. The molecule has 0 bridgehead atoms. The molecule has 20 heavy (non-hydrogen) atoms. The molecule has 106 valence electrons. The number of carbonyl (C=O) groups is 1. The molecule has 1 saturated heterocycles. The zero-order chi connectivity index (χ0) is 14.4. The van der Waals surface area contributed by atoms with Gasteiger partial charge in [0.25, 0.3) is 0 Å². The van der Waals surface area contributed by atoms with Gasteiger partial charge >= 0.3 is 5.97 Å². The van der Waals surface area contributed by atoms with Crippen molar-refractivity contribution in [1.82, 2.24) is 10.2 Å². The molecule has 1 fully saturated rings. The summed E-state index contributed by atoms with van der Waals surface area (Å²) in [5.41, 5.74) is 0.395. The summed E-state index contributed by atoms with van der Waals surface area (Å²) in [6, 6.07) is 10.2. The van der Waals surface area contributed by atoms with Crippen LogP contribution in [0.1, 0.15) is 18.4 Å². The van der Waals surface area contributed by atoms with E-state index in [2.05, 4.69) is 28.3 Å². The number of likely N-dealkylation sites (tertiary alicyclic amines) is 1. The first-order valence-corrected chi connectivity index (χ1v) is 6.84. The number of benzene rings is 1. The number of rotatable bonds is 5. The molecule has 2 N–H and O–H groups in total. The van der Waals surface area contributed by atoms with E-state index < -0.39 is 11.5 Å². The Kier molecular flexibility index (Phi) is 4.78. The predicted molar refractivity (Wildman–Crippen MR) is 78.2 cm³/mol. The van der Waals surface area contributed by atoms with E-state index in [0.29, 0.717) is 19.4 Å². The molecule has 4 heteroatoms. The fourth-order valence-corrected chi connectivity index (χ4v) is 2.62. The van der Waals surface area contributed by atoms with Crippen molar-refractivity contribution >= 4 is 5.97 Å². The summed E-state index contributed by atoms with van der Waals surface area (Å²) in [4.78, 5) is 13.8. The Labute approximate surface area is 119 Å². The van der Waals surface area contributed by atoms with E-state index in [1.165, 1.54) is 5.56 Å². The predicted octanol–water partition coefficient (Wildman–Crippen LogP) is 1.33. The standard InChI is InChI=1S/C16H20N2O2/c1-2-10-17-16(15(19)20)8-11-18(12-9-16)13-14-6-4-3-5-7-14/h1,3-7,17H,8-13H2,(H,19,20). The number of hydrogen-bond donors (Lipinski definition) is 2. The van der Waals surface area contributed by atoms with E-state index in [-0.39, 0.29) is 0 Å². The van der Waals surface area contributed by atoms with Crippen LogP contribution in [0.15, 0.2) is 30.3 Å². The van der Waals surface area contributed by atoms with Gasteiger partial charge in [-0.15, -0.1) is 6.42 Å². The first-order chi connectivity index (χ1) is 9.66. The van der Waals surface area contributed by atoms with Crippen molar-refractivity contribution in [3.63, 3.8) is 0 Å². The van der Waals surface area contributed by atoms with E-state index in [1.807, 2.05) is 18.2 Å². The third kappa shape index (κ3) is 3.38. The van der Waals surface area contributed by atoms with Crippen LogP contribution in [0.3, 0.4) is 0 Å². The number of carboxylic acid groups (broad SMARTS) is 1. The van der Waals surface area contributed by atoms with Gasteiger partial charge in [-0.3, -0.25) is 15.0 Å². The van der Waals surface area contributed by atoms with Crippen molar-refractivity contribution in [2.75, 3.05) is 19.6 Å². The highest BCUT2D eigenvalue weighted by atomic mass is 16.4. The van der Waals surface area contributed by atoms with Crippen LogP contribution < -0.4 is 5.32 Å². The summed E-state index contributed by atoms with van der Waals surface area (Å²) in [5.74, 6) is 1.66. The monoisotopic (exact) mass is 272 g/mol. The number of carboxylic acids is 1. The molecule has 1 aromatic carbocycles. The Balaban J connectivity index is 1.93. The molecule has 0 atom stereocenters. The lowest BCUT2D eigenvalue weighted by molar-refractivity contribution is -0.147. The second-order valence-electron chi connectivity index (χ2n) is 5.21. The van der Waals surface area contributed by atoms with Crippen molar-refractivity contribution in [2.45, 2.75) is 24.9 Å². The summed E-state index contributed by atoms with van der Waals surface area (Å²) >= 11 is 0. The van der Waals surface area contributed by atoms with E-state index in [0.717, 1.165) is 19.6 Å². The Morgan fingerprint density at radius 3 is 2.55 bits per heavy atom. The van der Waals surface area contributed by atoms with Gasteiger partial charge in [-0.05, 0) is 18.4 Å². The molecule has 4 nitrogen and oxygen atoms in total. The molecule has 1 aromatic rings. The van der Waals surface area contributed by atoms with Crippen LogP contribution in [0.25, 0.3) is 0 Å². The highest BCUT2D eigenvalue weighted by Crippen LogP contribution is 2.23. The molecule has 1 aliphatic heterocycles. The maximum atomic E-state index is 11.5. The zero-order valence-electron chi connectivity index (χ0n) is 11.5. The van der Waals surface area contributed by atoms with Crippen LogP contribution >= 0.6 is 0 Å². The van der Waals surface area contributed by atoms with Gasteiger partial charge in [-0.25, -0.2) is 0 Å². The van der Waals surface area contributed by atoms with Crippen molar-refractivity contribution in [3.8, 4) is 12.3 Å². The second-order valence-corrected chi connectivity index (χ2v) is 5.21. The number of aliphatic carboxylic acids is 1. The van der Waals surface area contributed by atoms with Gasteiger partial charge in [0.15, 0.2) is 0 Å². The number of hydrogen-bond acceptors (Lipinski definition) is 3. The lowest BCUT2D eigenvalue weighted by Gasteiger charge is -2.39. The molecule has 0 aromatic heterocycles. The molecule has 2 rings (SSSR count). The Bertz CT molecular complexity index is 485. The van der Waals surface area contributed by atoms with Crippen molar-refractivity contribution < 1.29 is 9.90 Å². The molecule has 0 unspecified atom stereocenters. The Hall–Kier alpha value is -1.83. The van der Waals surface area contributed by atoms with Crippen molar-refractivity contribution in [1.29, 1.82) is 0 Å². The van der Waals surface area contributed by atoms with Crippen LogP contribution in [-0.4, -0.2) is 41.1 Å². The van der Waals surface area contributed by atoms with Gasteiger partial charge in [0.2, 0.25) is 0 Å². The van der Waals surface area contributed by atoms with Crippen LogP contribution in [-0.2, 0) is 11.3 Å². The minimum atomic E-state index is -0.862. The molecule has 0 saturated carbocycles. The van der Waals surface area contributed by atoms with E-state index in [1.54, 1.807) is 0 Å². The molecular formula is C16H20N2O2. The minimum absolute atomic E-state index is 0.297. The maximum absolute atomic E-state index is 11.5. The zero-order valence-corrected chi connectivity index (χ0v) is 11.5. The smallest absolute Gasteiger partial charge is 0.324 e. The van der Waals surface area contributed by atoms with E-state index in [9.17, 15) is 9.90 Å². The molecule has 0 spiro atoms. The topological polar surface area (TPSA) is 52.6 Å². The Morgan fingerprint density at radius 1 is 1.35 bits per heavy atom. The van der Waals surface area contributed by atoms with Gasteiger partial charge in [0.1, 0.15) is 5.54 Å². The maximum Gasteiger partial charge on any atom is 0.324 e. The molecule has 0 radical (unpaired) electrons. The van der Waals surface area contributed by atoms with Gasteiger partial charge < -0.3 is 5.11 Å². The van der Waals surface area contributed by atoms with E-state index >= 15 is 0 Å². The number of nitrogens with zero attached hydrogens (tertiary/aromatic N) is 1. The fourth-order valence-electron chi connectivity index (χ4n) is 2.62. The molecule has 0 aliphatic carbocycles. The highest BCUT2D eigenvalue weighted by molar-refractivity contribution is 5.79. The average Bonchev–Trinajstić information content (AvgIpc) is 2.47. The fraction of sp³-hybridized carbons (Fsp3) is 0.438. The molecule has 0 amide bonds. The SMILES string of the molecule is C#CCNC1(C(=O)O)CCN(Cc2ccccc2)CC1. The summed E-state index contributed by atoms with van der Waals surface area (Å²) in [6.45, 7) is 2.69. The van der Waals surface area contributed by atoms with Gasteiger partial charge in [0.05, 0.1) is 6.54 Å². The summed E-state index contributed by atoms with van der Waals surface area (Å²) in [5, 5.41) is 12.4. The van der Waals surface area contributed by atoms with Gasteiger partial charge in [-0.2, -0.15) is 0 Å². The number of terminal acetylenes is 1.